The van der Waals surface area contributed by atoms with Gasteiger partial charge in [0.25, 0.3) is 0 Å². The maximum atomic E-state index is 12.7. The molecule has 1 N–H and O–H groups in total. The molecule has 2 rings (SSSR count). The van der Waals surface area contributed by atoms with Gasteiger partial charge in [-0.05, 0) is 29.8 Å². The van der Waals surface area contributed by atoms with E-state index in [0.29, 0.717) is 18.2 Å². The number of benzene rings is 1. The summed E-state index contributed by atoms with van der Waals surface area (Å²) in [7, 11) is 0. The predicted molar refractivity (Wildman–Crippen MR) is 65.7 cm³/mol. The van der Waals surface area contributed by atoms with Crippen molar-refractivity contribution < 1.29 is 9.18 Å². The lowest BCUT2D eigenvalue weighted by Crippen LogP contribution is -2.00. The Morgan fingerprint density at radius 2 is 2.00 bits per heavy atom. The fourth-order valence-electron chi connectivity index (χ4n) is 1.43. The Labute approximate surface area is 103 Å². The van der Waals surface area contributed by atoms with Crippen molar-refractivity contribution >= 4 is 17.7 Å². The minimum Gasteiger partial charge on any atom is -0.366 e. The highest BCUT2D eigenvalue weighted by molar-refractivity contribution is 5.48. The van der Waals surface area contributed by atoms with Gasteiger partial charge in [0.15, 0.2) is 5.82 Å². The van der Waals surface area contributed by atoms with Crippen LogP contribution in [-0.2, 0) is 11.3 Å². The minimum absolute atomic E-state index is 0.265. The van der Waals surface area contributed by atoms with E-state index < -0.39 is 0 Å². The molecule has 0 aliphatic rings. The van der Waals surface area contributed by atoms with Crippen LogP contribution in [0.5, 0.6) is 0 Å². The highest BCUT2D eigenvalue weighted by Crippen LogP contribution is 2.12. The fraction of sp³-hybridized carbons (Fsp3) is 0.0769. The highest BCUT2D eigenvalue weighted by atomic mass is 19.1. The van der Waals surface area contributed by atoms with Gasteiger partial charge in [0, 0.05) is 6.54 Å². The van der Waals surface area contributed by atoms with Crippen molar-refractivity contribution in [2.45, 2.75) is 6.54 Å². The van der Waals surface area contributed by atoms with Gasteiger partial charge in [-0.2, -0.15) is 0 Å². The number of isocyanates is 1. The van der Waals surface area contributed by atoms with E-state index in [-0.39, 0.29) is 5.82 Å². The van der Waals surface area contributed by atoms with Crippen LogP contribution < -0.4 is 5.32 Å². The Kier molecular flexibility index (Phi) is 3.79. The van der Waals surface area contributed by atoms with E-state index in [1.807, 2.05) is 0 Å². The summed E-state index contributed by atoms with van der Waals surface area (Å²) >= 11 is 0. The molecule has 0 saturated carbocycles. The second-order valence-electron chi connectivity index (χ2n) is 3.56. The molecule has 2 aromatic rings. The molecule has 5 heteroatoms. The Balaban J connectivity index is 2.03. The van der Waals surface area contributed by atoms with Crippen LogP contribution in [0.1, 0.15) is 5.56 Å². The average molecular weight is 243 g/mol. The van der Waals surface area contributed by atoms with E-state index in [1.54, 1.807) is 30.3 Å². The minimum atomic E-state index is -0.265. The highest BCUT2D eigenvalue weighted by Gasteiger charge is 1.97. The molecule has 0 unspecified atom stereocenters. The van der Waals surface area contributed by atoms with E-state index in [0.717, 1.165) is 5.56 Å². The monoisotopic (exact) mass is 243 g/mol. The largest absolute Gasteiger partial charge is 0.366 e. The number of halogens is 1. The van der Waals surface area contributed by atoms with Crippen LogP contribution in [0.3, 0.4) is 0 Å². The van der Waals surface area contributed by atoms with Crippen molar-refractivity contribution in [1.29, 1.82) is 0 Å². The third-order valence-electron chi connectivity index (χ3n) is 2.28. The number of anilines is 1. The normalized spacial score (nSPS) is 9.61. The number of pyridine rings is 1. The molecule has 0 amide bonds. The maximum absolute atomic E-state index is 12.7. The van der Waals surface area contributed by atoms with Crippen LogP contribution in [0.2, 0.25) is 0 Å². The molecule has 0 fully saturated rings. The van der Waals surface area contributed by atoms with Gasteiger partial charge in [0.05, 0.1) is 0 Å². The number of hydrogen-bond acceptors (Lipinski definition) is 4. The Morgan fingerprint density at radius 1 is 1.22 bits per heavy atom. The fourth-order valence-corrected chi connectivity index (χ4v) is 1.43. The van der Waals surface area contributed by atoms with E-state index in [1.165, 1.54) is 18.2 Å². The first kappa shape index (κ1) is 12.0. The summed E-state index contributed by atoms with van der Waals surface area (Å²) in [4.78, 5) is 17.6. The van der Waals surface area contributed by atoms with Crippen molar-refractivity contribution in [3.8, 4) is 0 Å². The summed E-state index contributed by atoms with van der Waals surface area (Å²) in [5.74, 6) is 0.629. The molecule has 0 aliphatic carbocycles. The van der Waals surface area contributed by atoms with Gasteiger partial charge in [-0.15, -0.1) is 4.99 Å². The summed E-state index contributed by atoms with van der Waals surface area (Å²) in [6, 6.07) is 11.3. The van der Waals surface area contributed by atoms with Gasteiger partial charge in [0.2, 0.25) is 6.08 Å². The molecule has 18 heavy (non-hydrogen) atoms. The maximum Gasteiger partial charge on any atom is 0.242 e. The topological polar surface area (TPSA) is 54.4 Å². The van der Waals surface area contributed by atoms with Crippen LogP contribution in [0.25, 0.3) is 0 Å². The van der Waals surface area contributed by atoms with Gasteiger partial charge in [-0.3, -0.25) is 0 Å². The van der Waals surface area contributed by atoms with Gasteiger partial charge in [-0.25, -0.2) is 14.2 Å². The van der Waals surface area contributed by atoms with Gasteiger partial charge in [0.1, 0.15) is 11.6 Å². The molecular weight excluding hydrogens is 233 g/mol. The van der Waals surface area contributed by atoms with Crippen LogP contribution in [0.15, 0.2) is 47.5 Å². The SMILES string of the molecule is O=C=Nc1cccc(NCc2ccc(F)cc2)n1. The predicted octanol–water partition coefficient (Wildman–Crippen LogP) is 2.80. The smallest absolute Gasteiger partial charge is 0.242 e. The molecule has 0 aliphatic heterocycles. The summed E-state index contributed by atoms with van der Waals surface area (Å²) in [6.07, 6.45) is 1.43. The van der Waals surface area contributed by atoms with Crippen molar-refractivity contribution in [2.24, 2.45) is 4.99 Å². The molecule has 0 spiro atoms. The van der Waals surface area contributed by atoms with Gasteiger partial charge < -0.3 is 5.32 Å². The molecule has 90 valence electrons. The first-order valence-electron chi connectivity index (χ1n) is 5.31. The number of hydrogen-bond donors (Lipinski definition) is 1. The molecule has 0 bridgehead atoms. The second-order valence-corrected chi connectivity index (χ2v) is 3.56. The van der Waals surface area contributed by atoms with Gasteiger partial charge in [-0.1, -0.05) is 18.2 Å². The molecule has 4 nitrogen and oxygen atoms in total. The third kappa shape index (κ3) is 3.23. The lowest BCUT2D eigenvalue weighted by molar-refractivity contribution is 0.565. The van der Waals surface area contributed by atoms with Crippen LogP contribution in [0, 0.1) is 5.82 Å². The zero-order valence-corrected chi connectivity index (χ0v) is 9.43. The lowest BCUT2D eigenvalue weighted by atomic mass is 10.2. The standard InChI is InChI=1S/C13H10FN3O/c14-11-6-4-10(5-7-11)8-15-12-2-1-3-13(17-12)16-9-18/h1-7H,8H2,(H,15,17). The third-order valence-corrected chi connectivity index (χ3v) is 2.28. The number of carbonyl (C=O) groups excluding carboxylic acids is 1. The average Bonchev–Trinajstić information content (AvgIpc) is 2.39. The second kappa shape index (κ2) is 5.70. The van der Waals surface area contributed by atoms with Crippen molar-refractivity contribution in [3.05, 3.63) is 53.8 Å². The van der Waals surface area contributed by atoms with E-state index in [9.17, 15) is 9.18 Å². The molecule has 0 saturated heterocycles. The number of nitrogens with one attached hydrogen (secondary N) is 1. The van der Waals surface area contributed by atoms with E-state index in [2.05, 4.69) is 15.3 Å². The zero-order chi connectivity index (χ0) is 12.8. The summed E-state index contributed by atoms with van der Waals surface area (Å²) in [6.45, 7) is 0.515. The van der Waals surface area contributed by atoms with Crippen LogP contribution in [0.4, 0.5) is 16.0 Å². The molecule has 1 aromatic heterocycles. The lowest BCUT2D eigenvalue weighted by Gasteiger charge is -2.05. The Morgan fingerprint density at radius 3 is 2.72 bits per heavy atom. The van der Waals surface area contributed by atoms with Crippen molar-refractivity contribution in [3.63, 3.8) is 0 Å². The number of nitrogens with zero attached hydrogens (tertiary/aromatic N) is 2. The van der Waals surface area contributed by atoms with Crippen molar-refractivity contribution in [2.75, 3.05) is 5.32 Å². The number of rotatable bonds is 4. The molecule has 1 aromatic carbocycles. The molecular formula is C13H10FN3O. The van der Waals surface area contributed by atoms with Crippen molar-refractivity contribution in [1.82, 2.24) is 4.98 Å². The first-order chi connectivity index (χ1) is 8.78. The van der Waals surface area contributed by atoms with E-state index >= 15 is 0 Å². The first-order valence-corrected chi connectivity index (χ1v) is 5.31. The van der Waals surface area contributed by atoms with E-state index in [4.69, 9.17) is 0 Å². The summed E-state index contributed by atoms with van der Waals surface area (Å²) in [5, 5.41) is 3.06. The zero-order valence-electron chi connectivity index (χ0n) is 9.43. The van der Waals surface area contributed by atoms with Crippen LogP contribution in [-0.4, -0.2) is 11.1 Å². The number of aliphatic imine (C=N–C) groups is 1. The Hall–Kier alpha value is -2.52. The molecule has 0 atom stereocenters. The number of aromatic nitrogens is 1. The quantitative estimate of drug-likeness (QED) is 0.663. The molecule has 1 heterocycles. The summed E-state index contributed by atoms with van der Waals surface area (Å²) < 4.78 is 12.7. The molecule has 0 radical (unpaired) electrons. The van der Waals surface area contributed by atoms with Gasteiger partial charge >= 0.3 is 0 Å². The Bertz CT molecular complexity index is 577. The van der Waals surface area contributed by atoms with Crippen LogP contribution >= 0.6 is 0 Å². The summed E-state index contributed by atoms with van der Waals surface area (Å²) in [5.41, 5.74) is 0.933.